The molecule has 0 radical (unpaired) electrons. The van der Waals surface area contributed by atoms with Crippen molar-refractivity contribution in [3.63, 3.8) is 0 Å². The number of nitrogens with one attached hydrogen (secondary N) is 1. The standard InChI is InChI=1S/C11H22N2/c1-12-10-4-3-5-11(10)13(2)8-9-6-7-9/h9-12H,3-8H2,1-2H3. The van der Waals surface area contributed by atoms with Crippen LogP contribution in [0.4, 0.5) is 0 Å². The summed E-state index contributed by atoms with van der Waals surface area (Å²) < 4.78 is 0. The van der Waals surface area contributed by atoms with Crippen LogP contribution in [-0.2, 0) is 0 Å². The average molecular weight is 182 g/mol. The molecule has 2 aliphatic carbocycles. The molecule has 0 heterocycles. The Hall–Kier alpha value is -0.0800. The smallest absolute Gasteiger partial charge is 0.0246 e. The normalized spacial score (nSPS) is 34.4. The van der Waals surface area contributed by atoms with E-state index >= 15 is 0 Å². The molecule has 2 atom stereocenters. The third-order valence-corrected chi connectivity index (χ3v) is 3.66. The van der Waals surface area contributed by atoms with Gasteiger partial charge in [0.05, 0.1) is 0 Å². The molecule has 0 spiro atoms. The maximum Gasteiger partial charge on any atom is 0.0246 e. The minimum atomic E-state index is 0.753. The summed E-state index contributed by atoms with van der Waals surface area (Å²) in [5, 5.41) is 3.45. The van der Waals surface area contributed by atoms with E-state index in [1.807, 2.05) is 0 Å². The second-order valence-corrected chi connectivity index (χ2v) is 4.78. The van der Waals surface area contributed by atoms with Crippen LogP contribution in [0.3, 0.4) is 0 Å². The van der Waals surface area contributed by atoms with E-state index in [-0.39, 0.29) is 0 Å². The first-order valence-electron chi connectivity index (χ1n) is 5.68. The van der Waals surface area contributed by atoms with Crippen molar-refractivity contribution in [2.45, 2.75) is 44.2 Å². The fraction of sp³-hybridized carbons (Fsp3) is 1.00. The summed E-state index contributed by atoms with van der Waals surface area (Å²) in [6.45, 7) is 1.34. The number of rotatable bonds is 4. The van der Waals surface area contributed by atoms with Crippen LogP contribution in [0.2, 0.25) is 0 Å². The molecule has 2 nitrogen and oxygen atoms in total. The third kappa shape index (κ3) is 2.23. The van der Waals surface area contributed by atoms with E-state index in [0.29, 0.717) is 0 Å². The molecule has 2 saturated carbocycles. The molecule has 0 aromatic carbocycles. The van der Waals surface area contributed by atoms with Gasteiger partial charge in [-0.15, -0.1) is 0 Å². The van der Waals surface area contributed by atoms with Crippen molar-refractivity contribution in [2.24, 2.45) is 5.92 Å². The van der Waals surface area contributed by atoms with Crippen molar-refractivity contribution >= 4 is 0 Å². The largest absolute Gasteiger partial charge is 0.315 e. The second kappa shape index (κ2) is 3.97. The maximum absolute atomic E-state index is 3.45. The molecule has 13 heavy (non-hydrogen) atoms. The van der Waals surface area contributed by atoms with Gasteiger partial charge in [0.15, 0.2) is 0 Å². The first-order valence-corrected chi connectivity index (χ1v) is 5.68. The van der Waals surface area contributed by atoms with E-state index in [4.69, 9.17) is 0 Å². The van der Waals surface area contributed by atoms with Gasteiger partial charge in [-0.25, -0.2) is 0 Å². The van der Waals surface area contributed by atoms with Gasteiger partial charge < -0.3 is 10.2 Å². The van der Waals surface area contributed by atoms with Crippen molar-refractivity contribution in [3.8, 4) is 0 Å². The molecule has 0 bridgehead atoms. The van der Waals surface area contributed by atoms with Gasteiger partial charge in [0, 0.05) is 18.6 Å². The van der Waals surface area contributed by atoms with Crippen LogP contribution in [0.5, 0.6) is 0 Å². The fourth-order valence-corrected chi connectivity index (χ4v) is 2.65. The summed E-state index contributed by atoms with van der Waals surface area (Å²) in [7, 11) is 4.41. The lowest BCUT2D eigenvalue weighted by molar-refractivity contribution is 0.208. The van der Waals surface area contributed by atoms with E-state index < -0.39 is 0 Å². The first kappa shape index (κ1) is 9.47. The van der Waals surface area contributed by atoms with Gasteiger partial charge in [0.25, 0.3) is 0 Å². The van der Waals surface area contributed by atoms with Gasteiger partial charge in [-0.2, -0.15) is 0 Å². The van der Waals surface area contributed by atoms with Crippen LogP contribution in [0.15, 0.2) is 0 Å². The van der Waals surface area contributed by atoms with Crippen LogP contribution in [0.25, 0.3) is 0 Å². The molecule has 1 N–H and O–H groups in total. The number of nitrogens with zero attached hydrogens (tertiary/aromatic N) is 1. The molecule has 76 valence electrons. The highest BCUT2D eigenvalue weighted by atomic mass is 15.2. The van der Waals surface area contributed by atoms with Crippen molar-refractivity contribution < 1.29 is 0 Å². The zero-order valence-corrected chi connectivity index (χ0v) is 8.92. The van der Waals surface area contributed by atoms with Crippen LogP contribution >= 0.6 is 0 Å². The van der Waals surface area contributed by atoms with E-state index in [2.05, 4.69) is 24.3 Å². The number of likely N-dealkylation sites (N-methyl/N-ethyl adjacent to an activating group) is 2. The Kier molecular flexibility index (Phi) is 2.89. The quantitative estimate of drug-likeness (QED) is 0.708. The highest BCUT2D eigenvalue weighted by Gasteiger charge is 2.32. The third-order valence-electron chi connectivity index (χ3n) is 3.66. The predicted molar refractivity (Wildman–Crippen MR) is 55.8 cm³/mol. The van der Waals surface area contributed by atoms with Crippen LogP contribution < -0.4 is 5.32 Å². The van der Waals surface area contributed by atoms with E-state index in [1.54, 1.807) is 0 Å². The fourth-order valence-electron chi connectivity index (χ4n) is 2.65. The topological polar surface area (TPSA) is 15.3 Å². The van der Waals surface area contributed by atoms with Crippen LogP contribution in [0.1, 0.15) is 32.1 Å². The highest BCUT2D eigenvalue weighted by Crippen LogP contribution is 2.32. The molecule has 0 aromatic rings. The lowest BCUT2D eigenvalue weighted by atomic mass is 10.1. The summed E-state index contributed by atoms with van der Waals surface area (Å²) in [6.07, 6.45) is 7.12. The minimum absolute atomic E-state index is 0.753. The molecule has 2 aliphatic rings. The van der Waals surface area contributed by atoms with Crippen LogP contribution in [0, 0.1) is 5.92 Å². The molecule has 0 aromatic heterocycles. The summed E-state index contributed by atoms with van der Waals surface area (Å²) >= 11 is 0. The maximum atomic E-state index is 3.45. The van der Waals surface area contributed by atoms with Crippen molar-refractivity contribution in [1.29, 1.82) is 0 Å². The number of hydrogen-bond donors (Lipinski definition) is 1. The average Bonchev–Trinajstić information content (AvgIpc) is 2.82. The van der Waals surface area contributed by atoms with Crippen LogP contribution in [-0.4, -0.2) is 37.6 Å². The Morgan fingerprint density at radius 3 is 2.62 bits per heavy atom. The van der Waals surface area contributed by atoms with Gasteiger partial charge in [0.2, 0.25) is 0 Å². The van der Waals surface area contributed by atoms with Gasteiger partial charge in [-0.1, -0.05) is 6.42 Å². The lowest BCUT2D eigenvalue weighted by Crippen LogP contribution is -2.44. The van der Waals surface area contributed by atoms with E-state index in [0.717, 1.165) is 18.0 Å². The summed E-state index contributed by atoms with van der Waals surface area (Å²) in [6, 6.07) is 1.56. The first-order chi connectivity index (χ1) is 6.31. The molecule has 0 amide bonds. The van der Waals surface area contributed by atoms with Gasteiger partial charge in [-0.05, 0) is 45.7 Å². The molecule has 2 heteroatoms. The monoisotopic (exact) mass is 182 g/mol. The van der Waals surface area contributed by atoms with Gasteiger partial charge in [0.1, 0.15) is 0 Å². The van der Waals surface area contributed by atoms with Gasteiger partial charge in [-0.3, -0.25) is 0 Å². The lowest BCUT2D eigenvalue weighted by Gasteiger charge is -2.29. The zero-order chi connectivity index (χ0) is 9.26. The Morgan fingerprint density at radius 2 is 2.00 bits per heavy atom. The van der Waals surface area contributed by atoms with Crippen molar-refractivity contribution in [2.75, 3.05) is 20.6 Å². The Balaban J connectivity index is 1.82. The molecular weight excluding hydrogens is 160 g/mol. The molecule has 2 rings (SSSR count). The number of hydrogen-bond acceptors (Lipinski definition) is 2. The molecule has 2 unspecified atom stereocenters. The van der Waals surface area contributed by atoms with E-state index in [9.17, 15) is 0 Å². The zero-order valence-electron chi connectivity index (χ0n) is 8.92. The van der Waals surface area contributed by atoms with E-state index in [1.165, 1.54) is 38.6 Å². The Bertz CT molecular complexity index is 165. The Labute approximate surface area is 81.7 Å². The molecular formula is C11H22N2. The van der Waals surface area contributed by atoms with Gasteiger partial charge >= 0.3 is 0 Å². The summed E-state index contributed by atoms with van der Waals surface area (Å²) in [5.41, 5.74) is 0. The van der Waals surface area contributed by atoms with Crippen molar-refractivity contribution in [1.82, 2.24) is 10.2 Å². The summed E-state index contributed by atoms with van der Waals surface area (Å²) in [4.78, 5) is 2.59. The minimum Gasteiger partial charge on any atom is -0.315 e. The highest BCUT2D eigenvalue weighted by molar-refractivity contribution is 4.90. The predicted octanol–water partition coefficient (Wildman–Crippen LogP) is 1.47. The Morgan fingerprint density at radius 1 is 1.23 bits per heavy atom. The summed E-state index contributed by atoms with van der Waals surface area (Å²) in [5.74, 6) is 1.03. The second-order valence-electron chi connectivity index (χ2n) is 4.78. The van der Waals surface area contributed by atoms with Crippen molar-refractivity contribution in [3.05, 3.63) is 0 Å². The SMILES string of the molecule is CNC1CCCC1N(C)CC1CC1. The molecule has 0 saturated heterocycles. The molecule has 2 fully saturated rings. The molecule has 0 aliphatic heterocycles.